The average Bonchev–Trinajstić information content (AvgIpc) is 3.29. The number of nitrogens with zero attached hydrogens (tertiary/aromatic N) is 3. The van der Waals surface area contributed by atoms with Gasteiger partial charge < -0.3 is 4.74 Å². The molecule has 2 heterocycles. The number of imide groups is 1. The monoisotopic (exact) mass is 593 g/mol. The van der Waals surface area contributed by atoms with Gasteiger partial charge in [-0.15, -0.1) is 0 Å². The van der Waals surface area contributed by atoms with Crippen LogP contribution in [-0.2, 0) is 14.3 Å². The van der Waals surface area contributed by atoms with Gasteiger partial charge in [0.15, 0.2) is 12.4 Å². The standard InChI is InChI=1S/C33H24FN3O5S/c1-19-3-5-22(6-4-19)30-20(2)15-24(17-35)31(36-30)43-28-16-29(39)37(32(28)40)26-13-9-23(10-14-26)33(41)42-18-27(38)21-7-11-25(34)12-8-21/h3-15,28H,16,18H2,1-2H3. The third kappa shape index (κ3) is 6.37. The molecule has 0 N–H and O–H groups in total. The molecule has 1 aliphatic heterocycles. The molecule has 0 spiro atoms. The second kappa shape index (κ2) is 12.4. The fraction of sp³-hybridized carbons (Fsp3) is 0.152. The van der Waals surface area contributed by atoms with E-state index in [1.165, 1.54) is 36.4 Å². The van der Waals surface area contributed by atoms with Crippen molar-refractivity contribution in [2.45, 2.75) is 30.5 Å². The van der Waals surface area contributed by atoms with Crippen molar-refractivity contribution in [3.8, 4) is 17.3 Å². The fourth-order valence-electron chi connectivity index (χ4n) is 4.55. The van der Waals surface area contributed by atoms with E-state index in [0.29, 0.717) is 16.3 Å². The number of thioether (sulfide) groups is 1. The second-order valence-electron chi connectivity index (χ2n) is 9.92. The van der Waals surface area contributed by atoms with Crippen LogP contribution in [0.4, 0.5) is 10.1 Å². The molecule has 0 aliphatic carbocycles. The number of ketones is 1. The molecule has 0 saturated carbocycles. The van der Waals surface area contributed by atoms with E-state index in [1.807, 2.05) is 38.1 Å². The number of pyridine rings is 1. The number of amides is 2. The lowest BCUT2D eigenvalue weighted by Gasteiger charge is -2.16. The quantitative estimate of drug-likeness (QED) is 0.142. The number of esters is 1. The number of rotatable bonds is 8. The van der Waals surface area contributed by atoms with E-state index in [4.69, 9.17) is 9.72 Å². The van der Waals surface area contributed by atoms with E-state index in [1.54, 1.807) is 6.07 Å². The fourth-order valence-corrected chi connectivity index (χ4v) is 5.63. The Hall–Kier alpha value is -5.14. The summed E-state index contributed by atoms with van der Waals surface area (Å²) in [6, 6.07) is 22.3. The first-order valence-corrected chi connectivity index (χ1v) is 14.1. The van der Waals surface area contributed by atoms with Crippen LogP contribution >= 0.6 is 11.8 Å². The molecule has 3 aromatic carbocycles. The van der Waals surface area contributed by atoms with Gasteiger partial charge >= 0.3 is 5.97 Å². The van der Waals surface area contributed by atoms with E-state index in [2.05, 4.69) is 6.07 Å². The molecule has 1 aromatic heterocycles. The summed E-state index contributed by atoms with van der Waals surface area (Å²) < 4.78 is 18.1. The summed E-state index contributed by atoms with van der Waals surface area (Å²) in [6.45, 7) is 3.32. The molecule has 10 heteroatoms. The summed E-state index contributed by atoms with van der Waals surface area (Å²) >= 11 is 1.08. The topological polar surface area (TPSA) is 117 Å². The number of nitriles is 1. The number of anilines is 1. The van der Waals surface area contributed by atoms with Gasteiger partial charge in [-0.2, -0.15) is 5.26 Å². The minimum Gasteiger partial charge on any atom is -0.454 e. The van der Waals surface area contributed by atoms with Crippen molar-refractivity contribution in [3.63, 3.8) is 0 Å². The molecule has 5 rings (SSSR count). The Morgan fingerprint density at radius 1 is 1.00 bits per heavy atom. The summed E-state index contributed by atoms with van der Waals surface area (Å²) in [5, 5.41) is 9.31. The summed E-state index contributed by atoms with van der Waals surface area (Å²) in [6.07, 6.45) is -0.0842. The summed E-state index contributed by atoms with van der Waals surface area (Å²) in [5.41, 5.74) is 4.40. The molecule has 1 aliphatic rings. The smallest absolute Gasteiger partial charge is 0.338 e. The van der Waals surface area contributed by atoms with Crippen molar-refractivity contribution < 1.29 is 28.3 Å². The van der Waals surface area contributed by atoms with Gasteiger partial charge in [0.1, 0.15) is 16.9 Å². The van der Waals surface area contributed by atoms with Crippen molar-refractivity contribution in [2.24, 2.45) is 0 Å². The maximum atomic E-state index is 13.4. The summed E-state index contributed by atoms with van der Waals surface area (Å²) in [5.74, 6) is -2.63. The minimum atomic E-state index is -0.789. The number of Topliss-reactive ketones (excluding diaryl/α,β-unsaturated/α-hetero) is 1. The van der Waals surface area contributed by atoms with Gasteiger partial charge in [-0.05, 0) is 74.0 Å². The highest BCUT2D eigenvalue weighted by Gasteiger charge is 2.41. The van der Waals surface area contributed by atoms with E-state index < -0.39 is 41.2 Å². The maximum absolute atomic E-state index is 13.4. The Kier molecular flexibility index (Phi) is 8.46. The molecule has 2 amide bonds. The van der Waals surface area contributed by atoms with Gasteiger partial charge in [0, 0.05) is 17.5 Å². The first-order chi connectivity index (χ1) is 20.6. The lowest BCUT2D eigenvalue weighted by atomic mass is 10.0. The Bertz CT molecular complexity index is 1780. The highest BCUT2D eigenvalue weighted by atomic mass is 32.2. The molecule has 0 bridgehead atoms. The van der Waals surface area contributed by atoms with Crippen LogP contribution in [0.5, 0.6) is 0 Å². The lowest BCUT2D eigenvalue weighted by molar-refractivity contribution is -0.121. The molecule has 0 radical (unpaired) electrons. The van der Waals surface area contributed by atoms with Crippen molar-refractivity contribution >= 4 is 41.0 Å². The minimum absolute atomic E-state index is 0.0842. The van der Waals surface area contributed by atoms with E-state index in [0.717, 1.165) is 45.5 Å². The van der Waals surface area contributed by atoms with Crippen molar-refractivity contribution in [2.75, 3.05) is 11.5 Å². The number of ether oxygens (including phenoxy) is 1. The van der Waals surface area contributed by atoms with Crippen LogP contribution in [0.1, 0.15) is 43.8 Å². The Labute approximate surface area is 251 Å². The molecule has 43 heavy (non-hydrogen) atoms. The largest absolute Gasteiger partial charge is 0.454 e. The molecule has 1 saturated heterocycles. The highest BCUT2D eigenvalue weighted by Crippen LogP contribution is 2.36. The molecular weight excluding hydrogens is 569 g/mol. The zero-order valence-electron chi connectivity index (χ0n) is 23.2. The molecule has 214 valence electrons. The third-order valence-electron chi connectivity index (χ3n) is 6.84. The first-order valence-electron chi connectivity index (χ1n) is 13.2. The maximum Gasteiger partial charge on any atom is 0.338 e. The number of hydrogen-bond acceptors (Lipinski definition) is 8. The number of carbonyl (C=O) groups is 4. The van der Waals surface area contributed by atoms with Crippen LogP contribution in [-0.4, -0.2) is 40.4 Å². The zero-order chi connectivity index (χ0) is 30.7. The highest BCUT2D eigenvalue weighted by molar-refractivity contribution is 8.00. The van der Waals surface area contributed by atoms with Crippen LogP contribution in [0.15, 0.2) is 83.9 Å². The summed E-state index contributed by atoms with van der Waals surface area (Å²) in [7, 11) is 0. The molecule has 8 nitrogen and oxygen atoms in total. The summed E-state index contributed by atoms with van der Waals surface area (Å²) in [4.78, 5) is 56.7. The van der Waals surface area contributed by atoms with Crippen LogP contribution in [0.25, 0.3) is 11.3 Å². The molecule has 1 atom stereocenters. The molecule has 1 unspecified atom stereocenters. The third-order valence-corrected chi connectivity index (χ3v) is 8.03. The Balaban J connectivity index is 1.27. The number of hydrogen-bond donors (Lipinski definition) is 0. The van der Waals surface area contributed by atoms with E-state index >= 15 is 0 Å². The zero-order valence-corrected chi connectivity index (χ0v) is 24.0. The number of aryl methyl sites for hydroxylation is 2. The Morgan fingerprint density at radius 2 is 1.65 bits per heavy atom. The van der Waals surface area contributed by atoms with Gasteiger partial charge in [0.2, 0.25) is 11.8 Å². The first kappa shape index (κ1) is 29.4. The van der Waals surface area contributed by atoms with Gasteiger partial charge in [-0.25, -0.2) is 19.1 Å². The van der Waals surface area contributed by atoms with Gasteiger partial charge in [-0.1, -0.05) is 41.6 Å². The molecule has 4 aromatic rings. The number of benzene rings is 3. The molecule has 1 fully saturated rings. The van der Waals surface area contributed by atoms with Crippen LogP contribution in [0.2, 0.25) is 0 Å². The predicted octanol–water partition coefficient (Wildman–Crippen LogP) is 5.84. The van der Waals surface area contributed by atoms with Crippen LogP contribution < -0.4 is 4.90 Å². The molecular formula is C33H24FN3O5S. The SMILES string of the molecule is Cc1ccc(-c2nc(SC3CC(=O)N(c4ccc(C(=O)OCC(=O)c5ccc(F)cc5)cc4)C3=O)c(C#N)cc2C)cc1. The van der Waals surface area contributed by atoms with Crippen LogP contribution in [0, 0.1) is 31.0 Å². The van der Waals surface area contributed by atoms with Gasteiger partial charge in [0.25, 0.3) is 0 Å². The van der Waals surface area contributed by atoms with Crippen molar-refractivity contribution in [1.29, 1.82) is 5.26 Å². The van der Waals surface area contributed by atoms with E-state index in [9.17, 15) is 28.8 Å². The van der Waals surface area contributed by atoms with E-state index in [-0.39, 0.29) is 23.2 Å². The predicted molar refractivity (Wildman–Crippen MR) is 158 cm³/mol. The van der Waals surface area contributed by atoms with Crippen molar-refractivity contribution in [3.05, 3.63) is 112 Å². The van der Waals surface area contributed by atoms with Crippen LogP contribution in [0.3, 0.4) is 0 Å². The van der Waals surface area contributed by atoms with Gasteiger partial charge in [0.05, 0.1) is 27.8 Å². The second-order valence-corrected chi connectivity index (χ2v) is 11.1. The number of halogens is 1. The number of carbonyl (C=O) groups excluding carboxylic acids is 4. The lowest BCUT2D eigenvalue weighted by Crippen LogP contribution is -2.31. The van der Waals surface area contributed by atoms with Gasteiger partial charge in [-0.3, -0.25) is 14.4 Å². The Morgan fingerprint density at radius 3 is 2.30 bits per heavy atom. The van der Waals surface area contributed by atoms with Crippen molar-refractivity contribution in [1.82, 2.24) is 4.98 Å². The number of aromatic nitrogens is 1. The normalized spacial score (nSPS) is 14.5. The average molecular weight is 594 g/mol.